The van der Waals surface area contributed by atoms with Gasteiger partial charge in [0.25, 0.3) is 0 Å². The molecular weight excluding hydrogens is 252 g/mol. The van der Waals surface area contributed by atoms with Gasteiger partial charge < -0.3 is 10.5 Å². The Morgan fingerprint density at radius 3 is 2.89 bits per heavy atom. The summed E-state index contributed by atoms with van der Waals surface area (Å²) >= 11 is 0. The monoisotopic (exact) mass is 265 g/mol. The Morgan fingerprint density at radius 1 is 1.32 bits per heavy atom. The molecule has 0 saturated carbocycles. The van der Waals surface area contributed by atoms with Crippen molar-refractivity contribution in [2.45, 2.75) is 20.0 Å². The first-order valence-corrected chi connectivity index (χ1v) is 5.98. The zero-order valence-corrected chi connectivity index (χ0v) is 10.4. The third-order valence-electron chi connectivity index (χ3n) is 3.31. The first kappa shape index (κ1) is 12.1. The predicted molar refractivity (Wildman–Crippen MR) is 66.0 cm³/mol. The van der Waals surface area contributed by atoms with Crippen LogP contribution in [-0.2, 0) is 17.8 Å². The molecule has 0 atom stereocenters. The molecule has 4 nitrogen and oxygen atoms in total. The Morgan fingerprint density at radius 2 is 2.11 bits per heavy atom. The number of hydrogen-bond acceptors (Lipinski definition) is 3. The lowest BCUT2D eigenvalue weighted by Gasteiger charge is -2.15. The highest BCUT2D eigenvalue weighted by molar-refractivity contribution is 5.48. The minimum absolute atomic E-state index is 0.0814. The zero-order chi connectivity index (χ0) is 13.6. The van der Waals surface area contributed by atoms with E-state index in [1.54, 1.807) is 0 Å². The second-order valence-corrected chi connectivity index (χ2v) is 4.58. The highest BCUT2D eigenvalue weighted by Gasteiger charge is 2.22. The standard InChI is InChI=1S/C13H13F2N3O/c1-7-4-10(15)12(5-9(7)14)18-11-2-3-19-6-8(11)13(16)17-18/h4-5H,2-3,6H2,1H3,(H2,16,17). The second kappa shape index (κ2) is 4.31. The molecule has 6 heteroatoms. The van der Waals surface area contributed by atoms with E-state index >= 15 is 0 Å². The van der Waals surface area contributed by atoms with Crippen molar-refractivity contribution in [2.75, 3.05) is 12.3 Å². The number of benzene rings is 1. The summed E-state index contributed by atoms with van der Waals surface area (Å²) in [5, 5.41) is 4.10. The fourth-order valence-electron chi connectivity index (χ4n) is 2.26. The lowest BCUT2D eigenvalue weighted by Crippen LogP contribution is -2.14. The summed E-state index contributed by atoms with van der Waals surface area (Å²) in [6.07, 6.45) is 0.578. The van der Waals surface area contributed by atoms with Gasteiger partial charge in [0.1, 0.15) is 17.3 Å². The van der Waals surface area contributed by atoms with Gasteiger partial charge in [-0.2, -0.15) is 0 Å². The first-order chi connectivity index (χ1) is 9.08. The van der Waals surface area contributed by atoms with Crippen LogP contribution in [0.25, 0.3) is 5.69 Å². The first-order valence-electron chi connectivity index (χ1n) is 5.98. The number of halogens is 2. The average Bonchev–Trinajstić information content (AvgIpc) is 2.72. The summed E-state index contributed by atoms with van der Waals surface area (Å²) in [5.41, 5.74) is 7.67. The number of nitrogen functional groups attached to an aromatic ring is 1. The van der Waals surface area contributed by atoms with E-state index in [-0.39, 0.29) is 11.3 Å². The van der Waals surface area contributed by atoms with Crippen molar-refractivity contribution in [3.63, 3.8) is 0 Å². The summed E-state index contributed by atoms with van der Waals surface area (Å²) < 4.78 is 34.3. The van der Waals surface area contributed by atoms with E-state index in [2.05, 4.69) is 5.10 Å². The third kappa shape index (κ3) is 1.88. The fraction of sp³-hybridized carbons (Fsp3) is 0.308. The molecule has 0 fully saturated rings. The van der Waals surface area contributed by atoms with Gasteiger partial charge in [0.2, 0.25) is 0 Å². The van der Waals surface area contributed by atoms with Crippen molar-refractivity contribution >= 4 is 5.82 Å². The van der Waals surface area contributed by atoms with E-state index in [1.165, 1.54) is 11.6 Å². The van der Waals surface area contributed by atoms with Gasteiger partial charge in [-0.15, -0.1) is 5.10 Å². The molecule has 3 rings (SSSR count). The summed E-state index contributed by atoms with van der Waals surface area (Å²) in [5.74, 6) is -0.683. The van der Waals surface area contributed by atoms with Crippen molar-refractivity contribution < 1.29 is 13.5 Å². The molecule has 100 valence electrons. The van der Waals surface area contributed by atoms with Crippen LogP contribution in [0.2, 0.25) is 0 Å². The molecule has 0 saturated heterocycles. The Bertz CT molecular complexity index is 652. The van der Waals surface area contributed by atoms with E-state index in [0.29, 0.717) is 25.5 Å². The summed E-state index contributed by atoms with van der Waals surface area (Å²) in [7, 11) is 0. The highest BCUT2D eigenvalue weighted by Crippen LogP contribution is 2.27. The van der Waals surface area contributed by atoms with Crippen molar-refractivity contribution in [1.29, 1.82) is 0 Å². The van der Waals surface area contributed by atoms with Crippen LogP contribution in [0, 0.1) is 18.6 Å². The Kier molecular flexibility index (Phi) is 2.74. The second-order valence-electron chi connectivity index (χ2n) is 4.58. The Hall–Kier alpha value is -1.95. The van der Waals surface area contributed by atoms with Crippen LogP contribution in [-0.4, -0.2) is 16.4 Å². The summed E-state index contributed by atoms with van der Waals surface area (Å²) in [6, 6.07) is 2.31. The van der Waals surface area contributed by atoms with Crippen molar-refractivity contribution in [2.24, 2.45) is 0 Å². The van der Waals surface area contributed by atoms with E-state index in [9.17, 15) is 8.78 Å². The van der Waals surface area contributed by atoms with Crippen LogP contribution in [0.15, 0.2) is 12.1 Å². The molecule has 0 amide bonds. The number of aryl methyl sites for hydroxylation is 1. The Balaban J connectivity index is 2.20. The molecule has 2 heterocycles. The van der Waals surface area contributed by atoms with E-state index in [1.807, 2.05) is 0 Å². The van der Waals surface area contributed by atoms with E-state index in [4.69, 9.17) is 10.5 Å². The average molecular weight is 265 g/mol. The summed E-state index contributed by atoms with van der Waals surface area (Å²) in [4.78, 5) is 0. The molecule has 19 heavy (non-hydrogen) atoms. The molecule has 1 aromatic carbocycles. The van der Waals surface area contributed by atoms with Crippen LogP contribution in [0.3, 0.4) is 0 Å². The number of rotatable bonds is 1. The van der Waals surface area contributed by atoms with Crippen LogP contribution in [0.5, 0.6) is 0 Å². The summed E-state index contributed by atoms with van der Waals surface area (Å²) in [6.45, 7) is 2.40. The van der Waals surface area contributed by atoms with Crippen LogP contribution >= 0.6 is 0 Å². The van der Waals surface area contributed by atoms with Gasteiger partial charge in [-0.1, -0.05) is 0 Å². The molecule has 0 unspecified atom stereocenters. The number of hydrogen-bond donors (Lipinski definition) is 1. The minimum Gasteiger partial charge on any atom is -0.382 e. The third-order valence-corrected chi connectivity index (χ3v) is 3.31. The molecule has 1 aliphatic heterocycles. The maximum absolute atomic E-state index is 14.0. The molecule has 0 radical (unpaired) electrons. The molecule has 2 aromatic rings. The predicted octanol–water partition coefficient (Wildman–Crippen LogP) is 2.11. The van der Waals surface area contributed by atoms with Gasteiger partial charge in [0.05, 0.1) is 18.9 Å². The van der Waals surface area contributed by atoms with Crippen molar-refractivity contribution in [1.82, 2.24) is 9.78 Å². The lowest BCUT2D eigenvalue weighted by molar-refractivity contribution is 0.110. The number of nitrogens with two attached hydrogens (primary N) is 1. The van der Waals surface area contributed by atoms with Gasteiger partial charge in [0.15, 0.2) is 5.82 Å². The zero-order valence-electron chi connectivity index (χ0n) is 10.4. The molecule has 1 aliphatic rings. The van der Waals surface area contributed by atoms with Crippen LogP contribution in [0.4, 0.5) is 14.6 Å². The normalized spacial score (nSPS) is 14.5. The van der Waals surface area contributed by atoms with Gasteiger partial charge in [-0.05, 0) is 18.6 Å². The number of aromatic nitrogens is 2. The van der Waals surface area contributed by atoms with E-state index in [0.717, 1.165) is 23.4 Å². The van der Waals surface area contributed by atoms with Crippen LogP contribution in [0.1, 0.15) is 16.8 Å². The van der Waals surface area contributed by atoms with Gasteiger partial charge >= 0.3 is 0 Å². The minimum atomic E-state index is -0.518. The van der Waals surface area contributed by atoms with Gasteiger partial charge in [-0.3, -0.25) is 0 Å². The molecule has 0 bridgehead atoms. The highest BCUT2D eigenvalue weighted by atomic mass is 19.1. The van der Waals surface area contributed by atoms with Crippen molar-refractivity contribution in [3.8, 4) is 5.69 Å². The molecule has 1 aromatic heterocycles. The topological polar surface area (TPSA) is 53.1 Å². The molecule has 2 N–H and O–H groups in total. The fourth-order valence-corrected chi connectivity index (χ4v) is 2.26. The Labute approximate surface area is 108 Å². The smallest absolute Gasteiger partial charge is 0.151 e. The van der Waals surface area contributed by atoms with E-state index < -0.39 is 11.6 Å². The van der Waals surface area contributed by atoms with Gasteiger partial charge in [-0.25, -0.2) is 13.5 Å². The SMILES string of the molecule is Cc1cc(F)c(-n2nc(N)c3c2CCOC3)cc1F. The molecule has 0 aliphatic carbocycles. The maximum atomic E-state index is 14.0. The maximum Gasteiger partial charge on any atom is 0.151 e. The number of ether oxygens (including phenoxy) is 1. The van der Waals surface area contributed by atoms with Crippen LogP contribution < -0.4 is 5.73 Å². The lowest BCUT2D eigenvalue weighted by atomic mass is 10.1. The largest absolute Gasteiger partial charge is 0.382 e. The van der Waals surface area contributed by atoms with Gasteiger partial charge in [0, 0.05) is 18.1 Å². The number of fused-ring (bicyclic) bond motifs is 1. The number of nitrogens with zero attached hydrogens (tertiary/aromatic N) is 2. The van der Waals surface area contributed by atoms with Crippen molar-refractivity contribution in [3.05, 3.63) is 40.6 Å². The molecule has 0 spiro atoms. The quantitative estimate of drug-likeness (QED) is 0.859. The number of anilines is 1. The molecular formula is C13H13F2N3O.